The van der Waals surface area contributed by atoms with Gasteiger partial charge in [-0.3, -0.25) is 9.59 Å². The van der Waals surface area contributed by atoms with E-state index < -0.39 is 29.8 Å². The molecular formula is C20H22FN3O4. The van der Waals surface area contributed by atoms with Crippen LogP contribution in [0.2, 0.25) is 0 Å². The van der Waals surface area contributed by atoms with Crippen LogP contribution >= 0.6 is 0 Å². The Labute approximate surface area is 162 Å². The van der Waals surface area contributed by atoms with E-state index >= 15 is 0 Å². The first kappa shape index (κ1) is 20.9. The molecule has 0 saturated carbocycles. The van der Waals surface area contributed by atoms with E-state index in [0.717, 1.165) is 11.6 Å². The van der Waals surface area contributed by atoms with Crippen molar-refractivity contribution >= 4 is 29.3 Å². The van der Waals surface area contributed by atoms with E-state index in [1.54, 1.807) is 0 Å². The quantitative estimate of drug-likeness (QED) is 0.557. The average Bonchev–Trinajstić information content (AvgIpc) is 2.63. The topological polar surface area (TPSA) is 108 Å². The van der Waals surface area contributed by atoms with Gasteiger partial charge in [0.25, 0.3) is 0 Å². The van der Waals surface area contributed by atoms with Crippen molar-refractivity contribution in [1.82, 2.24) is 5.32 Å². The van der Waals surface area contributed by atoms with Crippen LogP contribution in [-0.4, -0.2) is 29.1 Å². The standard InChI is InChI=1S/C20H22FN3O4/c1-13(25)22-18-12-16(7-9-17(18)21)24-20(28)23-15(8-10-19(26)27)11-14-5-3-2-4-6-14/h2-7,9,12,15H,8,10-11H2,1H3,(H,22,25)(H,26,27)(H2,23,24,28). The van der Waals surface area contributed by atoms with E-state index in [1.165, 1.54) is 19.1 Å². The van der Waals surface area contributed by atoms with Crippen LogP contribution in [0.4, 0.5) is 20.6 Å². The molecule has 1 unspecified atom stereocenters. The van der Waals surface area contributed by atoms with E-state index in [9.17, 15) is 18.8 Å². The van der Waals surface area contributed by atoms with Gasteiger partial charge in [0.05, 0.1) is 5.69 Å². The number of nitrogens with one attached hydrogen (secondary N) is 3. The summed E-state index contributed by atoms with van der Waals surface area (Å²) in [4.78, 5) is 34.3. The molecule has 2 aromatic carbocycles. The number of carboxylic acid groups (broad SMARTS) is 1. The molecule has 2 rings (SSSR count). The number of aliphatic carboxylic acids is 1. The molecule has 0 fully saturated rings. The number of rotatable bonds is 8. The highest BCUT2D eigenvalue weighted by molar-refractivity contribution is 5.92. The number of amides is 3. The van der Waals surface area contributed by atoms with Crippen molar-refractivity contribution in [3.8, 4) is 0 Å². The fourth-order valence-corrected chi connectivity index (χ4v) is 2.66. The Balaban J connectivity index is 2.03. The van der Waals surface area contributed by atoms with Crippen LogP contribution in [0.25, 0.3) is 0 Å². The first-order valence-corrected chi connectivity index (χ1v) is 8.74. The largest absolute Gasteiger partial charge is 0.481 e. The molecule has 0 radical (unpaired) electrons. The zero-order valence-electron chi connectivity index (χ0n) is 15.4. The van der Waals surface area contributed by atoms with Crippen molar-refractivity contribution in [2.45, 2.75) is 32.2 Å². The summed E-state index contributed by atoms with van der Waals surface area (Å²) < 4.78 is 13.7. The van der Waals surface area contributed by atoms with E-state index in [0.29, 0.717) is 12.1 Å². The smallest absolute Gasteiger partial charge is 0.319 e. The van der Waals surface area contributed by atoms with Crippen LogP contribution in [0.15, 0.2) is 48.5 Å². The molecule has 0 aromatic heterocycles. The van der Waals surface area contributed by atoms with Gasteiger partial charge in [0, 0.05) is 25.1 Å². The van der Waals surface area contributed by atoms with Gasteiger partial charge < -0.3 is 21.1 Å². The Hall–Kier alpha value is -3.42. The Morgan fingerprint density at radius 3 is 2.43 bits per heavy atom. The zero-order chi connectivity index (χ0) is 20.5. The second-order valence-corrected chi connectivity index (χ2v) is 6.29. The summed E-state index contributed by atoms with van der Waals surface area (Å²) in [5.41, 5.74) is 1.21. The molecule has 0 heterocycles. The third kappa shape index (κ3) is 7.06. The van der Waals surface area contributed by atoms with Gasteiger partial charge in [0.2, 0.25) is 5.91 Å². The molecule has 8 heteroatoms. The molecule has 7 nitrogen and oxygen atoms in total. The number of anilines is 2. The van der Waals surface area contributed by atoms with Gasteiger partial charge >= 0.3 is 12.0 Å². The number of hydrogen-bond donors (Lipinski definition) is 4. The predicted molar refractivity (Wildman–Crippen MR) is 104 cm³/mol. The van der Waals surface area contributed by atoms with Crippen LogP contribution < -0.4 is 16.0 Å². The van der Waals surface area contributed by atoms with Crippen LogP contribution in [0.3, 0.4) is 0 Å². The summed E-state index contributed by atoms with van der Waals surface area (Å²) in [5, 5.41) is 16.6. The normalized spacial score (nSPS) is 11.4. The molecule has 0 aliphatic heterocycles. The Bertz CT molecular complexity index is 843. The number of carbonyl (C=O) groups is 3. The number of urea groups is 1. The van der Waals surface area contributed by atoms with Gasteiger partial charge in [-0.15, -0.1) is 0 Å². The summed E-state index contributed by atoms with van der Waals surface area (Å²) in [5.74, 6) is -2.00. The monoisotopic (exact) mass is 387 g/mol. The molecule has 0 saturated heterocycles. The van der Waals surface area contributed by atoms with Crippen LogP contribution in [0.5, 0.6) is 0 Å². The first-order chi connectivity index (χ1) is 13.3. The molecule has 0 aliphatic rings. The molecule has 0 bridgehead atoms. The van der Waals surface area contributed by atoms with Crippen molar-refractivity contribution in [2.24, 2.45) is 0 Å². The maximum atomic E-state index is 13.7. The summed E-state index contributed by atoms with van der Waals surface area (Å²) in [6, 6.07) is 12.3. The van der Waals surface area contributed by atoms with Gasteiger partial charge in [-0.25, -0.2) is 9.18 Å². The summed E-state index contributed by atoms with van der Waals surface area (Å²) in [6.07, 6.45) is 0.654. The van der Waals surface area contributed by atoms with Crippen molar-refractivity contribution in [3.63, 3.8) is 0 Å². The van der Waals surface area contributed by atoms with Gasteiger partial charge in [0.15, 0.2) is 0 Å². The minimum absolute atomic E-state index is 0.0444. The SMILES string of the molecule is CC(=O)Nc1cc(NC(=O)NC(CCC(=O)O)Cc2ccccc2)ccc1F. The van der Waals surface area contributed by atoms with Gasteiger partial charge in [-0.1, -0.05) is 30.3 Å². The van der Waals surface area contributed by atoms with Crippen molar-refractivity contribution in [3.05, 3.63) is 59.9 Å². The lowest BCUT2D eigenvalue weighted by molar-refractivity contribution is -0.137. The number of carbonyl (C=O) groups excluding carboxylic acids is 2. The average molecular weight is 387 g/mol. The fourth-order valence-electron chi connectivity index (χ4n) is 2.66. The minimum atomic E-state index is -0.946. The molecule has 0 spiro atoms. The van der Waals surface area contributed by atoms with Gasteiger partial charge in [0.1, 0.15) is 5.82 Å². The highest BCUT2D eigenvalue weighted by atomic mass is 19.1. The number of halogens is 1. The highest BCUT2D eigenvalue weighted by Crippen LogP contribution is 2.19. The Kier molecular flexibility index (Phi) is 7.50. The van der Waals surface area contributed by atoms with Crippen LogP contribution in [-0.2, 0) is 16.0 Å². The van der Waals surface area contributed by atoms with Crippen molar-refractivity contribution in [1.29, 1.82) is 0 Å². The molecular weight excluding hydrogens is 365 g/mol. The second kappa shape index (κ2) is 10.1. The summed E-state index contributed by atoms with van der Waals surface area (Å²) in [6.45, 7) is 1.25. The third-order valence-electron chi connectivity index (χ3n) is 3.90. The number of hydrogen-bond acceptors (Lipinski definition) is 3. The fraction of sp³-hybridized carbons (Fsp3) is 0.250. The van der Waals surface area contributed by atoms with E-state index in [1.807, 2.05) is 30.3 Å². The third-order valence-corrected chi connectivity index (χ3v) is 3.90. The maximum Gasteiger partial charge on any atom is 0.319 e. The summed E-state index contributed by atoms with van der Waals surface area (Å²) in [7, 11) is 0. The Morgan fingerprint density at radius 1 is 1.07 bits per heavy atom. The summed E-state index contributed by atoms with van der Waals surface area (Å²) >= 11 is 0. The van der Waals surface area contributed by atoms with E-state index in [2.05, 4.69) is 16.0 Å². The number of benzene rings is 2. The lowest BCUT2D eigenvalue weighted by atomic mass is 10.0. The van der Waals surface area contributed by atoms with Gasteiger partial charge in [-0.2, -0.15) is 0 Å². The molecule has 2 aromatic rings. The lowest BCUT2D eigenvalue weighted by Gasteiger charge is -2.19. The van der Waals surface area contributed by atoms with Crippen molar-refractivity contribution < 1.29 is 23.9 Å². The van der Waals surface area contributed by atoms with E-state index in [-0.39, 0.29) is 18.5 Å². The molecule has 28 heavy (non-hydrogen) atoms. The van der Waals surface area contributed by atoms with Gasteiger partial charge in [-0.05, 0) is 36.6 Å². The second-order valence-electron chi connectivity index (χ2n) is 6.29. The first-order valence-electron chi connectivity index (χ1n) is 8.74. The van der Waals surface area contributed by atoms with E-state index in [4.69, 9.17) is 5.11 Å². The number of carboxylic acids is 1. The highest BCUT2D eigenvalue weighted by Gasteiger charge is 2.15. The van der Waals surface area contributed by atoms with Crippen LogP contribution in [0, 0.1) is 5.82 Å². The molecule has 4 N–H and O–H groups in total. The molecule has 1 atom stereocenters. The molecule has 0 aliphatic carbocycles. The van der Waals surface area contributed by atoms with Crippen molar-refractivity contribution in [2.75, 3.05) is 10.6 Å². The Morgan fingerprint density at radius 2 is 1.79 bits per heavy atom. The molecule has 148 valence electrons. The van der Waals surface area contributed by atoms with Crippen LogP contribution in [0.1, 0.15) is 25.3 Å². The zero-order valence-corrected chi connectivity index (χ0v) is 15.4. The minimum Gasteiger partial charge on any atom is -0.481 e. The molecule has 3 amide bonds. The predicted octanol–water partition coefficient (Wildman–Crippen LogP) is 3.38. The lowest BCUT2D eigenvalue weighted by Crippen LogP contribution is -2.39. The maximum absolute atomic E-state index is 13.7.